The van der Waals surface area contributed by atoms with Crippen LogP contribution in [0.2, 0.25) is 0 Å². The van der Waals surface area contributed by atoms with Crippen LogP contribution in [0.4, 0.5) is 0 Å². The van der Waals surface area contributed by atoms with Crippen LogP contribution in [-0.4, -0.2) is 0 Å². The highest BCUT2D eigenvalue weighted by molar-refractivity contribution is 5.84. The van der Waals surface area contributed by atoms with Crippen LogP contribution in [0, 0.1) is 5.92 Å². The van der Waals surface area contributed by atoms with Crippen molar-refractivity contribution in [3.8, 4) is 11.1 Å². The van der Waals surface area contributed by atoms with Crippen LogP contribution in [0.3, 0.4) is 0 Å². The number of fused-ring (bicyclic) bond motifs is 6. The second-order valence-electron chi connectivity index (χ2n) is 6.64. The van der Waals surface area contributed by atoms with Crippen molar-refractivity contribution >= 4 is 6.08 Å². The van der Waals surface area contributed by atoms with Gasteiger partial charge in [0.25, 0.3) is 0 Å². The molecule has 3 aliphatic rings. The molecule has 0 aromatic heterocycles. The molecule has 0 aliphatic heterocycles. The van der Waals surface area contributed by atoms with Gasteiger partial charge >= 0.3 is 0 Å². The molecule has 5 rings (SSSR count). The van der Waals surface area contributed by atoms with Crippen LogP contribution in [0.5, 0.6) is 0 Å². The van der Waals surface area contributed by atoms with Gasteiger partial charge < -0.3 is 0 Å². The fraction of sp³-hybridized carbons (Fsp3) is 0.182. The molecule has 2 atom stereocenters. The molecule has 0 nitrogen and oxygen atoms in total. The largest absolute Gasteiger partial charge is 0.0764 e. The lowest BCUT2D eigenvalue weighted by Gasteiger charge is -2.32. The summed E-state index contributed by atoms with van der Waals surface area (Å²) in [6.45, 7) is 2.39. The predicted molar refractivity (Wildman–Crippen MR) is 92.8 cm³/mol. The molecule has 0 saturated heterocycles. The molecule has 0 saturated carbocycles. The second kappa shape index (κ2) is 4.33. The standard InChI is InChI=1S/C22H18/c1-14-19-8-4-2-6-15(19)12-17-10-11-18-13-16-7-3-5-9-20(16)22(18)21(14)17/h2-12,14,19H,13H2,1H3. The number of benzene rings is 2. The normalized spacial score (nSPS) is 23.4. The molecule has 0 heteroatoms. The molecule has 0 bridgehead atoms. The molecule has 2 aromatic carbocycles. The van der Waals surface area contributed by atoms with E-state index in [2.05, 4.69) is 73.7 Å². The lowest BCUT2D eigenvalue weighted by Crippen LogP contribution is -2.17. The summed E-state index contributed by atoms with van der Waals surface area (Å²) in [6.07, 6.45) is 12.5. The van der Waals surface area contributed by atoms with Crippen molar-refractivity contribution < 1.29 is 0 Å². The number of allylic oxidation sites excluding steroid dienone is 5. The van der Waals surface area contributed by atoms with Crippen molar-refractivity contribution in [1.82, 2.24) is 0 Å². The van der Waals surface area contributed by atoms with E-state index in [1.54, 1.807) is 5.56 Å². The zero-order valence-corrected chi connectivity index (χ0v) is 12.7. The van der Waals surface area contributed by atoms with Crippen LogP contribution in [0.1, 0.15) is 35.1 Å². The second-order valence-corrected chi connectivity index (χ2v) is 6.64. The SMILES string of the molecule is CC1c2c(ccc3c2-c2ccccc2C3)C=C2C=CC=CC21. The van der Waals surface area contributed by atoms with Crippen LogP contribution in [-0.2, 0) is 6.42 Å². The maximum absolute atomic E-state index is 2.39. The van der Waals surface area contributed by atoms with Crippen molar-refractivity contribution in [2.24, 2.45) is 5.92 Å². The van der Waals surface area contributed by atoms with E-state index in [-0.39, 0.29) is 0 Å². The zero-order valence-electron chi connectivity index (χ0n) is 12.7. The Bertz CT molecular complexity index is 877. The maximum Gasteiger partial charge on any atom is 0.00878 e. The minimum absolute atomic E-state index is 0.525. The first-order chi connectivity index (χ1) is 10.8. The van der Waals surface area contributed by atoms with Gasteiger partial charge in [-0.15, -0.1) is 0 Å². The molecule has 2 aromatic rings. The first kappa shape index (κ1) is 12.2. The summed E-state index contributed by atoms with van der Waals surface area (Å²) in [5.74, 6) is 1.06. The molecule has 106 valence electrons. The molecular formula is C22H18. The van der Waals surface area contributed by atoms with Crippen molar-refractivity contribution in [2.75, 3.05) is 0 Å². The van der Waals surface area contributed by atoms with Crippen LogP contribution >= 0.6 is 0 Å². The average Bonchev–Trinajstić information content (AvgIpc) is 2.93. The Labute approximate surface area is 131 Å². The summed E-state index contributed by atoms with van der Waals surface area (Å²) in [5, 5.41) is 0. The monoisotopic (exact) mass is 282 g/mol. The highest BCUT2D eigenvalue weighted by Crippen LogP contribution is 2.49. The Balaban J connectivity index is 1.81. The smallest absolute Gasteiger partial charge is 0.00878 e. The minimum Gasteiger partial charge on any atom is -0.0764 e. The van der Waals surface area contributed by atoms with Crippen molar-refractivity contribution in [3.05, 3.63) is 88.5 Å². The van der Waals surface area contributed by atoms with E-state index < -0.39 is 0 Å². The van der Waals surface area contributed by atoms with E-state index in [1.165, 1.54) is 33.4 Å². The highest BCUT2D eigenvalue weighted by atomic mass is 14.4. The summed E-state index contributed by atoms with van der Waals surface area (Å²) >= 11 is 0. The van der Waals surface area contributed by atoms with Gasteiger partial charge in [0.2, 0.25) is 0 Å². The van der Waals surface area contributed by atoms with E-state index in [1.807, 2.05) is 0 Å². The third-order valence-corrected chi connectivity index (χ3v) is 5.45. The van der Waals surface area contributed by atoms with Gasteiger partial charge in [-0.05, 0) is 51.3 Å². The summed E-state index contributed by atoms with van der Waals surface area (Å²) in [7, 11) is 0. The van der Waals surface area contributed by atoms with Crippen molar-refractivity contribution in [3.63, 3.8) is 0 Å². The Hall–Kier alpha value is -2.34. The first-order valence-electron chi connectivity index (χ1n) is 8.13. The topological polar surface area (TPSA) is 0 Å². The van der Waals surface area contributed by atoms with Crippen LogP contribution in [0.15, 0.2) is 66.3 Å². The molecule has 2 unspecified atom stereocenters. The van der Waals surface area contributed by atoms with Crippen LogP contribution in [0.25, 0.3) is 17.2 Å². The average molecular weight is 282 g/mol. The molecule has 0 amide bonds. The van der Waals surface area contributed by atoms with Gasteiger partial charge in [0.05, 0.1) is 0 Å². The Morgan fingerprint density at radius 1 is 0.955 bits per heavy atom. The van der Waals surface area contributed by atoms with Crippen LogP contribution < -0.4 is 0 Å². The number of hydrogen-bond acceptors (Lipinski definition) is 0. The molecule has 0 fully saturated rings. The third kappa shape index (κ3) is 1.53. The van der Waals surface area contributed by atoms with E-state index in [0.717, 1.165) is 6.42 Å². The fourth-order valence-electron chi connectivity index (χ4n) is 4.42. The highest BCUT2D eigenvalue weighted by Gasteiger charge is 2.32. The predicted octanol–water partition coefficient (Wildman–Crippen LogP) is 5.50. The zero-order chi connectivity index (χ0) is 14.7. The Kier molecular flexibility index (Phi) is 2.41. The maximum atomic E-state index is 2.39. The minimum atomic E-state index is 0.525. The molecule has 22 heavy (non-hydrogen) atoms. The van der Waals surface area contributed by atoms with Gasteiger partial charge in [-0.25, -0.2) is 0 Å². The Morgan fingerprint density at radius 2 is 1.86 bits per heavy atom. The van der Waals surface area contributed by atoms with Crippen molar-refractivity contribution in [1.29, 1.82) is 0 Å². The molecule has 0 radical (unpaired) electrons. The van der Waals surface area contributed by atoms with E-state index >= 15 is 0 Å². The van der Waals surface area contributed by atoms with Gasteiger partial charge in [0, 0.05) is 5.92 Å². The first-order valence-corrected chi connectivity index (χ1v) is 8.13. The summed E-state index contributed by atoms with van der Waals surface area (Å²) in [5.41, 5.74) is 10.4. The van der Waals surface area contributed by atoms with E-state index in [9.17, 15) is 0 Å². The molecule has 3 aliphatic carbocycles. The Morgan fingerprint density at radius 3 is 2.82 bits per heavy atom. The van der Waals surface area contributed by atoms with Crippen molar-refractivity contribution in [2.45, 2.75) is 19.3 Å². The van der Waals surface area contributed by atoms with Gasteiger partial charge in [-0.1, -0.05) is 73.7 Å². The molecular weight excluding hydrogens is 264 g/mol. The lowest BCUT2D eigenvalue weighted by molar-refractivity contribution is 0.618. The van der Waals surface area contributed by atoms with Gasteiger partial charge in [-0.2, -0.15) is 0 Å². The van der Waals surface area contributed by atoms with E-state index in [4.69, 9.17) is 0 Å². The van der Waals surface area contributed by atoms with Gasteiger partial charge in [0.15, 0.2) is 0 Å². The summed E-state index contributed by atoms with van der Waals surface area (Å²) < 4.78 is 0. The summed E-state index contributed by atoms with van der Waals surface area (Å²) in [6, 6.07) is 13.6. The number of rotatable bonds is 0. The van der Waals surface area contributed by atoms with E-state index in [0.29, 0.717) is 11.8 Å². The number of hydrogen-bond donors (Lipinski definition) is 0. The molecule has 0 N–H and O–H groups in total. The third-order valence-electron chi connectivity index (χ3n) is 5.45. The lowest BCUT2D eigenvalue weighted by atomic mass is 9.72. The fourth-order valence-corrected chi connectivity index (χ4v) is 4.42. The quantitative estimate of drug-likeness (QED) is 0.510. The molecule has 0 heterocycles. The summed E-state index contributed by atoms with van der Waals surface area (Å²) in [4.78, 5) is 0. The van der Waals surface area contributed by atoms with Gasteiger partial charge in [0.1, 0.15) is 0 Å². The van der Waals surface area contributed by atoms with Gasteiger partial charge in [-0.3, -0.25) is 0 Å². The molecule has 0 spiro atoms.